The first-order valence-electron chi connectivity index (χ1n) is 9.96. The Morgan fingerprint density at radius 3 is 2.72 bits per heavy atom. The highest BCUT2D eigenvalue weighted by atomic mass is 19.1. The molecule has 0 spiro atoms. The third-order valence-electron chi connectivity index (χ3n) is 5.64. The van der Waals surface area contributed by atoms with Gasteiger partial charge < -0.3 is 15.8 Å². The van der Waals surface area contributed by atoms with E-state index in [0.717, 1.165) is 19.4 Å². The number of nitrogens with two attached hydrogens (primary N) is 1. The monoisotopic (exact) mass is 397 g/mol. The predicted octanol–water partition coefficient (Wildman–Crippen LogP) is 3.52. The van der Waals surface area contributed by atoms with Gasteiger partial charge in [-0.3, -0.25) is 9.48 Å². The largest absolute Gasteiger partial charge is 0.378 e. The first-order chi connectivity index (χ1) is 14.0. The molecule has 1 aromatic carbocycles. The van der Waals surface area contributed by atoms with E-state index in [1.165, 1.54) is 25.0 Å². The number of hydrogen-bond acceptors (Lipinski definition) is 5. The zero-order chi connectivity index (χ0) is 20.4. The van der Waals surface area contributed by atoms with Gasteiger partial charge in [-0.25, -0.2) is 4.39 Å². The Morgan fingerprint density at radius 1 is 1.31 bits per heavy atom. The van der Waals surface area contributed by atoms with Crippen LogP contribution in [0.3, 0.4) is 0 Å². The fourth-order valence-corrected chi connectivity index (χ4v) is 3.78. The molecule has 7 nitrogen and oxygen atoms in total. The highest BCUT2D eigenvalue weighted by Gasteiger charge is 2.34. The van der Waals surface area contributed by atoms with E-state index < -0.39 is 5.91 Å². The maximum absolute atomic E-state index is 13.1. The van der Waals surface area contributed by atoms with Gasteiger partial charge in [-0.2, -0.15) is 10.4 Å². The number of hydrogen-bond donors (Lipinski definition) is 2. The van der Waals surface area contributed by atoms with Crippen molar-refractivity contribution in [3.8, 4) is 6.07 Å². The number of amides is 1. The maximum Gasteiger partial charge on any atom is 0.254 e. The molecule has 3 unspecified atom stereocenters. The summed E-state index contributed by atoms with van der Waals surface area (Å²) in [6, 6.07) is 7.98. The zero-order valence-corrected chi connectivity index (χ0v) is 16.1. The highest BCUT2D eigenvalue weighted by Crippen LogP contribution is 2.37. The average Bonchev–Trinajstić information content (AvgIpc) is 3.46. The Labute approximate surface area is 168 Å². The number of nitrogens with one attached hydrogen (secondary N) is 1. The van der Waals surface area contributed by atoms with Crippen LogP contribution < -0.4 is 11.1 Å². The Bertz CT molecular complexity index is 916. The van der Waals surface area contributed by atoms with Crippen LogP contribution in [-0.2, 0) is 4.74 Å². The lowest BCUT2D eigenvalue weighted by Crippen LogP contribution is -2.31. The van der Waals surface area contributed by atoms with Gasteiger partial charge in [0.05, 0.1) is 24.1 Å². The highest BCUT2D eigenvalue weighted by molar-refractivity contribution is 5.98. The second-order valence-corrected chi connectivity index (χ2v) is 7.88. The first-order valence-corrected chi connectivity index (χ1v) is 9.96. The Morgan fingerprint density at radius 2 is 2.07 bits per heavy atom. The van der Waals surface area contributed by atoms with E-state index in [1.54, 1.807) is 23.0 Å². The molecule has 1 heterocycles. The smallest absolute Gasteiger partial charge is 0.254 e. The molecule has 8 heteroatoms. The van der Waals surface area contributed by atoms with Gasteiger partial charge in [0.15, 0.2) is 5.82 Å². The van der Waals surface area contributed by atoms with Crippen LogP contribution in [0, 0.1) is 29.0 Å². The summed E-state index contributed by atoms with van der Waals surface area (Å²) < 4.78 is 20.8. The van der Waals surface area contributed by atoms with Gasteiger partial charge in [0, 0.05) is 18.5 Å². The minimum absolute atomic E-state index is 0.0967. The SMILES string of the molecule is N#CC1CC(OCC2CC2)CCC1n1cc(C(N)=O)c(Nc2ccc(F)cc2)n1. The van der Waals surface area contributed by atoms with Crippen molar-refractivity contribution in [1.29, 1.82) is 5.26 Å². The molecular formula is C21H24FN5O2. The standard InChI is InChI=1S/C21H24FN5O2/c22-15-3-5-16(6-4-15)25-21-18(20(24)28)11-27(26-21)19-8-7-17(9-14(19)10-23)29-12-13-1-2-13/h3-6,11,13-14,17,19H,1-2,7-9,12H2,(H2,24,28)(H,25,26). The molecule has 0 radical (unpaired) electrons. The normalized spacial score (nSPS) is 24.1. The average molecular weight is 397 g/mol. The van der Waals surface area contributed by atoms with E-state index in [-0.39, 0.29) is 29.4 Å². The second kappa shape index (κ2) is 8.21. The minimum atomic E-state index is -0.615. The Kier molecular flexibility index (Phi) is 5.49. The molecule has 152 valence electrons. The molecule has 2 aliphatic carbocycles. The van der Waals surface area contributed by atoms with Crippen LogP contribution in [0.1, 0.15) is 48.5 Å². The van der Waals surface area contributed by atoms with E-state index in [1.807, 2.05) is 0 Å². The summed E-state index contributed by atoms with van der Waals surface area (Å²) in [6.07, 6.45) is 6.41. The molecule has 0 bridgehead atoms. The number of anilines is 2. The molecule has 3 N–H and O–H groups in total. The fraction of sp³-hybridized carbons (Fsp3) is 0.476. The number of primary amides is 1. The molecule has 1 amide bonds. The van der Waals surface area contributed by atoms with Crippen LogP contribution in [0.4, 0.5) is 15.9 Å². The number of carbonyl (C=O) groups is 1. The fourth-order valence-electron chi connectivity index (χ4n) is 3.78. The molecule has 0 saturated heterocycles. The number of halogens is 1. The molecular weight excluding hydrogens is 373 g/mol. The van der Waals surface area contributed by atoms with Crippen molar-refractivity contribution in [3.63, 3.8) is 0 Å². The number of ether oxygens (including phenoxy) is 1. The number of benzene rings is 1. The van der Waals surface area contributed by atoms with Gasteiger partial charge in [-0.15, -0.1) is 0 Å². The van der Waals surface area contributed by atoms with Crippen LogP contribution in [0.25, 0.3) is 0 Å². The molecule has 4 rings (SSSR count). The first kappa shape index (κ1) is 19.4. The molecule has 0 aliphatic heterocycles. The van der Waals surface area contributed by atoms with Crippen LogP contribution in [0.15, 0.2) is 30.5 Å². The van der Waals surface area contributed by atoms with Crippen molar-refractivity contribution in [2.24, 2.45) is 17.6 Å². The van der Waals surface area contributed by atoms with E-state index in [9.17, 15) is 14.4 Å². The lowest BCUT2D eigenvalue weighted by Gasteiger charge is -2.32. The summed E-state index contributed by atoms with van der Waals surface area (Å²) in [6.45, 7) is 0.785. The van der Waals surface area contributed by atoms with Gasteiger partial charge in [0.25, 0.3) is 5.91 Å². The van der Waals surface area contributed by atoms with Crippen molar-refractivity contribution < 1.29 is 13.9 Å². The number of nitrogens with zero attached hydrogens (tertiary/aromatic N) is 3. The Hall–Kier alpha value is -2.92. The van der Waals surface area contributed by atoms with Crippen LogP contribution in [0.2, 0.25) is 0 Å². The van der Waals surface area contributed by atoms with Crippen LogP contribution >= 0.6 is 0 Å². The summed E-state index contributed by atoms with van der Waals surface area (Å²) in [5, 5.41) is 17.2. The third-order valence-corrected chi connectivity index (χ3v) is 5.64. The van der Waals surface area contributed by atoms with Gasteiger partial charge in [0.1, 0.15) is 11.4 Å². The molecule has 2 aromatic rings. The summed E-state index contributed by atoms with van der Waals surface area (Å²) >= 11 is 0. The molecule has 1 aromatic heterocycles. The van der Waals surface area contributed by atoms with E-state index in [4.69, 9.17) is 10.5 Å². The van der Waals surface area contributed by atoms with Crippen LogP contribution in [-0.4, -0.2) is 28.4 Å². The van der Waals surface area contributed by atoms with Crippen molar-refractivity contribution in [1.82, 2.24) is 9.78 Å². The van der Waals surface area contributed by atoms with Crippen molar-refractivity contribution in [2.45, 2.75) is 44.2 Å². The summed E-state index contributed by atoms with van der Waals surface area (Å²) in [7, 11) is 0. The number of nitriles is 1. The molecule has 2 saturated carbocycles. The van der Waals surface area contributed by atoms with Crippen molar-refractivity contribution in [2.75, 3.05) is 11.9 Å². The van der Waals surface area contributed by atoms with Crippen LogP contribution in [0.5, 0.6) is 0 Å². The number of aromatic nitrogens is 2. The quantitative estimate of drug-likeness (QED) is 0.743. The Balaban J connectivity index is 1.50. The predicted molar refractivity (Wildman–Crippen MR) is 105 cm³/mol. The maximum atomic E-state index is 13.1. The molecule has 2 aliphatic rings. The van der Waals surface area contributed by atoms with Gasteiger partial charge in [-0.05, 0) is 62.3 Å². The molecule has 29 heavy (non-hydrogen) atoms. The second-order valence-electron chi connectivity index (χ2n) is 7.88. The lowest BCUT2D eigenvalue weighted by atomic mass is 9.83. The summed E-state index contributed by atoms with van der Waals surface area (Å²) in [4.78, 5) is 11.9. The van der Waals surface area contributed by atoms with E-state index in [0.29, 0.717) is 23.8 Å². The van der Waals surface area contributed by atoms with Gasteiger partial charge >= 0.3 is 0 Å². The minimum Gasteiger partial charge on any atom is -0.378 e. The third kappa shape index (κ3) is 4.57. The van der Waals surface area contributed by atoms with Crippen molar-refractivity contribution >= 4 is 17.4 Å². The van der Waals surface area contributed by atoms with Gasteiger partial charge in [0.2, 0.25) is 0 Å². The molecule has 2 fully saturated rings. The lowest BCUT2D eigenvalue weighted by molar-refractivity contribution is 0.00154. The van der Waals surface area contributed by atoms with Gasteiger partial charge in [-0.1, -0.05) is 0 Å². The zero-order valence-electron chi connectivity index (χ0n) is 16.1. The van der Waals surface area contributed by atoms with E-state index >= 15 is 0 Å². The van der Waals surface area contributed by atoms with E-state index in [2.05, 4.69) is 16.5 Å². The number of carbonyl (C=O) groups excluding carboxylic acids is 1. The summed E-state index contributed by atoms with van der Waals surface area (Å²) in [5.74, 6) is -0.234. The topological polar surface area (TPSA) is 106 Å². The molecule has 3 atom stereocenters. The number of rotatable bonds is 7. The van der Waals surface area contributed by atoms with Crippen molar-refractivity contribution in [3.05, 3.63) is 41.8 Å². The summed E-state index contributed by atoms with van der Waals surface area (Å²) in [5.41, 5.74) is 6.35.